The highest BCUT2D eigenvalue weighted by molar-refractivity contribution is 7.10. The number of nitrogens with zero attached hydrogens (tertiary/aromatic N) is 3. The number of imidazole rings is 1. The molecule has 102 valence electrons. The maximum absolute atomic E-state index is 5.91. The van der Waals surface area contributed by atoms with Crippen molar-refractivity contribution in [2.75, 3.05) is 0 Å². The van der Waals surface area contributed by atoms with Crippen LogP contribution >= 0.6 is 11.3 Å². The van der Waals surface area contributed by atoms with Crippen LogP contribution in [-0.2, 0) is 0 Å². The third-order valence-electron chi connectivity index (χ3n) is 3.65. The Morgan fingerprint density at radius 1 is 1.30 bits per heavy atom. The topological polar surface area (TPSA) is 56.7 Å². The summed E-state index contributed by atoms with van der Waals surface area (Å²) in [7, 11) is 0. The fraction of sp³-hybridized carbons (Fsp3) is 0.333. The van der Waals surface area contributed by atoms with Crippen LogP contribution < -0.4 is 5.73 Å². The van der Waals surface area contributed by atoms with E-state index in [1.54, 1.807) is 11.3 Å². The molecule has 1 aromatic carbocycles. The predicted molar refractivity (Wildman–Crippen MR) is 81.7 cm³/mol. The predicted octanol–water partition coefficient (Wildman–Crippen LogP) is 3.51. The Morgan fingerprint density at radius 3 is 2.80 bits per heavy atom. The second-order valence-electron chi connectivity index (χ2n) is 5.38. The van der Waals surface area contributed by atoms with E-state index in [1.807, 2.05) is 13.0 Å². The zero-order chi connectivity index (χ0) is 13.7. The highest BCUT2D eigenvalue weighted by Gasteiger charge is 2.29. The van der Waals surface area contributed by atoms with E-state index in [0.717, 1.165) is 22.0 Å². The van der Waals surface area contributed by atoms with E-state index < -0.39 is 0 Å². The second-order valence-corrected chi connectivity index (χ2v) is 6.27. The fourth-order valence-electron chi connectivity index (χ4n) is 2.53. The van der Waals surface area contributed by atoms with Crippen LogP contribution in [0, 0.1) is 0 Å². The smallest absolute Gasteiger partial charge is 0.160 e. The molecule has 4 rings (SSSR count). The summed E-state index contributed by atoms with van der Waals surface area (Å²) in [4.78, 5) is 9.44. The van der Waals surface area contributed by atoms with Gasteiger partial charge in [0.25, 0.3) is 0 Å². The lowest BCUT2D eigenvalue weighted by Crippen LogP contribution is -2.04. The second kappa shape index (κ2) is 4.40. The summed E-state index contributed by atoms with van der Waals surface area (Å²) in [5, 5.41) is 3.04. The van der Waals surface area contributed by atoms with Crippen LogP contribution in [0.4, 0.5) is 0 Å². The number of hydrogen-bond donors (Lipinski definition) is 1. The summed E-state index contributed by atoms with van der Waals surface area (Å²) >= 11 is 1.61. The van der Waals surface area contributed by atoms with Gasteiger partial charge < -0.3 is 10.3 Å². The molecule has 1 fully saturated rings. The first kappa shape index (κ1) is 12.1. The molecule has 0 radical (unpaired) electrons. The molecule has 0 amide bonds. The van der Waals surface area contributed by atoms with Crippen molar-refractivity contribution in [1.82, 2.24) is 14.5 Å². The van der Waals surface area contributed by atoms with Crippen LogP contribution in [0.3, 0.4) is 0 Å². The van der Waals surface area contributed by atoms with Crippen molar-refractivity contribution in [1.29, 1.82) is 0 Å². The van der Waals surface area contributed by atoms with Gasteiger partial charge in [0, 0.05) is 11.4 Å². The molecule has 0 bridgehead atoms. The molecule has 1 saturated carbocycles. The van der Waals surface area contributed by atoms with Gasteiger partial charge in [-0.2, -0.15) is 0 Å². The van der Waals surface area contributed by atoms with Crippen LogP contribution in [0.5, 0.6) is 0 Å². The average molecular weight is 284 g/mol. The first-order valence-electron chi connectivity index (χ1n) is 6.92. The molecule has 2 N–H and O–H groups in total. The van der Waals surface area contributed by atoms with Gasteiger partial charge in [-0.3, -0.25) is 0 Å². The Kier molecular flexibility index (Phi) is 2.65. The molecule has 1 atom stereocenters. The molecule has 5 heteroatoms. The zero-order valence-corrected chi connectivity index (χ0v) is 12.1. The van der Waals surface area contributed by atoms with Gasteiger partial charge in [-0.15, -0.1) is 11.3 Å². The lowest BCUT2D eigenvalue weighted by atomic mass is 10.3. The normalized spacial score (nSPS) is 16.7. The lowest BCUT2D eigenvalue weighted by molar-refractivity contribution is 0.768. The minimum absolute atomic E-state index is 0.0208. The van der Waals surface area contributed by atoms with Crippen LogP contribution in [0.25, 0.3) is 22.6 Å². The van der Waals surface area contributed by atoms with E-state index in [-0.39, 0.29) is 6.04 Å². The van der Waals surface area contributed by atoms with Gasteiger partial charge in [0.1, 0.15) is 10.7 Å². The molecule has 1 unspecified atom stereocenters. The van der Waals surface area contributed by atoms with Gasteiger partial charge >= 0.3 is 0 Å². The summed E-state index contributed by atoms with van der Waals surface area (Å²) in [6.45, 7) is 1.96. The SMILES string of the molecule is CC(N)c1nc(-c2nc3ccccc3n2C2CC2)cs1. The first-order chi connectivity index (χ1) is 9.74. The van der Waals surface area contributed by atoms with Crippen molar-refractivity contribution in [2.45, 2.75) is 31.8 Å². The van der Waals surface area contributed by atoms with Crippen molar-refractivity contribution in [2.24, 2.45) is 5.73 Å². The number of hydrogen-bond acceptors (Lipinski definition) is 4. The summed E-state index contributed by atoms with van der Waals surface area (Å²) in [6.07, 6.45) is 2.47. The van der Waals surface area contributed by atoms with Crippen molar-refractivity contribution in [3.8, 4) is 11.5 Å². The Morgan fingerprint density at radius 2 is 2.10 bits per heavy atom. The highest BCUT2D eigenvalue weighted by atomic mass is 32.1. The Balaban J connectivity index is 1.91. The standard InChI is InChI=1S/C15H16N4S/c1-9(16)15-18-12(8-20-15)14-17-11-4-2-3-5-13(11)19(14)10-6-7-10/h2-5,8-10H,6-7,16H2,1H3. The molecule has 0 saturated heterocycles. The van der Waals surface area contributed by atoms with E-state index in [0.29, 0.717) is 6.04 Å². The maximum Gasteiger partial charge on any atom is 0.160 e. The molecule has 20 heavy (non-hydrogen) atoms. The van der Waals surface area contributed by atoms with Gasteiger partial charge in [-0.25, -0.2) is 9.97 Å². The van der Waals surface area contributed by atoms with Gasteiger partial charge in [0.05, 0.1) is 17.1 Å². The van der Waals surface area contributed by atoms with E-state index in [4.69, 9.17) is 10.7 Å². The molecular weight excluding hydrogens is 268 g/mol. The molecule has 3 aromatic rings. The molecule has 1 aliphatic carbocycles. The molecule has 0 spiro atoms. The number of fused-ring (bicyclic) bond motifs is 1. The quantitative estimate of drug-likeness (QED) is 0.800. The van der Waals surface area contributed by atoms with Gasteiger partial charge in [-0.05, 0) is 31.9 Å². The molecule has 2 heterocycles. The largest absolute Gasteiger partial charge is 0.322 e. The van der Waals surface area contributed by atoms with Gasteiger partial charge in [-0.1, -0.05) is 12.1 Å². The Bertz CT molecular complexity index is 767. The van der Waals surface area contributed by atoms with Crippen molar-refractivity contribution in [3.63, 3.8) is 0 Å². The molecule has 2 aromatic heterocycles. The van der Waals surface area contributed by atoms with Crippen LogP contribution in [0.1, 0.15) is 36.9 Å². The fourth-order valence-corrected chi connectivity index (χ4v) is 3.28. The van der Waals surface area contributed by atoms with Gasteiger partial charge in [0.2, 0.25) is 0 Å². The monoisotopic (exact) mass is 284 g/mol. The van der Waals surface area contributed by atoms with Crippen LogP contribution in [0.2, 0.25) is 0 Å². The van der Waals surface area contributed by atoms with Crippen molar-refractivity contribution < 1.29 is 0 Å². The lowest BCUT2D eigenvalue weighted by Gasteiger charge is -2.05. The van der Waals surface area contributed by atoms with Crippen LogP contribution in [0.15, 0.2) is 29.6 Å². The summed E-state index contributed by atoms with van der Waals surface area (Å²) < 4.78 is 2.34. The first-order valence-corrected chi connectivity index (χ1v) is 7.80. The average Bonchev–Trinajstić information content (AvgIpc) is 3.04. The number of aromatic nitrogens is 3. The van der Waals surface area contributed by atoms with Crippen molar-refractivity contribution >= 4 is 22.4 Å². The summed E-state index contributed by atoms with van der Waals surface area (Å²) in [5.41, 5.74) is 9.12. The Hall–Kier alpha value is -1.72. The minimum atomic E-state index is -0.0208. The van der Waals surface area contributed by atoms with E-state index >= 15 is 0 Å². The molecular formula is C15H16N4S. The number of para-hydroxylation sites is 2. The van der Waals surface area contributed by atoms with E-state index in [1.165, 1.54) is 18.4 Å². The van der Waals surface area contributed by atoms with E-state index in [2.05, 4.69) is 33.1 Å². The molecule has 0 aliphatic heterocycles. The van der Waals surface area contributed by atoms with Gasteiger partial charge in [0.15, 0.2) is 5.82 Å². The zero-order valence-electron chi connectivity index (χ0n) is 11.3. The highest BCUT2D eigenvalue weighted by Crippen LogP contribution is 2.41. The molecule has 4 nitrogen and oxygen atoms in total. The Labute approximate surface area is 121 Å². The summed E-state index contributed by atoms with van der Waals surface area (Å²) in [6, 6.07) is 8.87. The van der Waals surface area contributed by atoms with E-state index in [9.17, 15) is 0 Å². The number of thiazole rings is 1. The summed E-state index contributed by atoms with van der Waals surface area (Å²) in [5.74, 6) is 0.983. The number of nitrogens with two attached hydrogens (primary N) is 1. The number of rotatable bonds is 3. The number of benzene rings is 1. The minimum Gasteiger partial charge on any atom is -0.322 e. The molecule has 1 aliphatic rings. The third-order valence-corrected chi connectivity index (χ3v) is 4.69. The third kappa shape index (κ3) is 1.85. The van der Waals surface area contributed by atoms with Crippen LogP contribution in [-0.4, -0.2) is 14.5 Å². The van der Waals surface area contributed by atoms with Crippen molar-refractivity contribution in [3.05, 3.63) is 34.7 Å². The maximum atomic E-state index is 5.91.